The maximum atomic E-state index is 13.7. The minimum absolute atomic E-state index is 0.172. The number of para-hydroxylation sites is 1. The van der Waals surface area contributed by atoms with Crippen LogP contribution in [0.5, 0.6) is 11.5 Å². The first-order valence-corrected chi connectivity index (χ1v) is 13.6. The Kier molecular flexibility index (Phi) is 6.32. The Morgan fingerprint density at radius 1 is 1.21 bits per heavy atom. The van der Waals surface area contributed by atoms with Crippen molar-refractivity contribution in [1.29, 1.82) is 0 Å². The zero-order valence-electron chi connectivity index (χ0n) is 20.5. The van der Waals surface area contributed by atoms with Crippen LogP contribution in [0, 0.1) is 10.1 Å². The van der Waals surface area contributed by atoms with Crippen LogP contribution in [0.15, 0.2) is 65.1 Å². The van der Waals surface area contributed by atoms with Gasteiger partial charge in [0.05, 0.1) is 17.5 Å². The number of benzene rings is 3. The lowest BCUT2D eigenvalue weighted by Crippen LogP contribution is -2.55. The quantitative estimate of drug-likeness (QED) is 0.287. The third kappa shape index (κ3) is 3.63. The third-order valence-electron chi connectivity index (χ3n) is 8.06. The van der Waals surface area contributed by atoms with Crippen molar-refractivity contribution in [1.82, 2.24) is 4.90 Å². The number of fused-ring (bicyclic) bond motifs is 4. The van der Waals surface area contributed by atoms with Crippen LogP contribution in [-0.2, 0) is 16.9 Å². The average molecular weight is 599 g/mol. The van der Waals surface area contributed by atoms with E-state index in [1.807, 2.05) is 54.6 Å². The van der Waals surface area contributed by atoms with Crippen molar-refractivity contribution in [2.45, 2.75) is 43.0 Å². The molecule has 3 aromatic rings. The molecule has 1 amide bonds. The number of carbonyl (C=O) groups is 1. The molecule has 10 heteroatoms. The second kappa shape index (κ2) is 9.55. The van der Waals surface area contributed by atoms with Crippen molar-refractivity contribution in [2.24, 2.45) is 0 Å². The topological polar surface area (TPSA) is 93.9 Å². The molecule has 3 heterocycles. The van der Waals surface area contributed by atoms with E-state index in [0.717, 1.165) is 24.0 Å². The van der Waals surface area contributed by atoms with Crippen molar-refractivity contribution in [2.75, 3.05) is 19.0 Å². The smallest absolute Gasteiger partial charge is 0.256 e. The molecule has 0 saturated carbocycles. The SMILES string of the molecule is COc1cc([C@H]2[C@H]([N+](=O)[O-])[C@@]3(C(=O)Nc4ccccc43)N3CCC[C@@H]23)cc(Br)c1OCc1ccccc1Cl. The molecule has 1 spiro atoms. The Morgan fingerprint density at radius 3 is 2.74 bits per heavy atom. The first kappa shape index (κ1) is 25.2. The number of nitrogens with one attached hydrogen (secondary N) is 1. The summed E-state index contributed by atoms with van der Waals surface area (Å²) >= 11 is 9.91. The third-order valence-corrected chi connectivity index (χ3v) is 9.02. The molecule has 0 unspecified atom stereocenters. The zero-order chi connectivity index (χ0) is 26.6. The number of methoxy groups -OCH3 is 1. The van der Waals surface area contributed by atoms with Gasteiger partial charge in [0.25, 0.3) is 11.9 Å². The summed E-state index contributed by atoms with van der Waals surface area (Å²) < 4.78 is 12.4. The van der Waals surface area contributed by atoms with E-state index in [9.17, 15) is 14.9 Å². The van der Waals surface area contributed by atoms with E-state index in [-0.39, 0.29) is 23.5 Å². The maximum absolute atomic E-state index is 13.7. The van der Waals surface area contributed by atoms with Gasteiger partial charge in [-0.25, -0.2) is 0 Å². The lowest BCUT2D eigenvalue weighted by atomic mass is 9.77. The van der Waals surface area contributed by atoms with Gasteiger partial charge in [0.2, 0.25) is 0 Å². The Balaban J connectivity index is 1.44. The fraction of sp³-hybridized carbons (Fsp3) is 0.321. The van der Waals surface area contributed by atoms with Crippen molar-refractivity contribution in [3.05, 3.63) is 97.0 Å². The summed E-state index contributed by atoms with van der Waals surface area (Å²) in [6.07, 6.45) is 1.62. The van der Waals surface area contributed by atoms with Gasteiger partial charge in [0.15, 0.2) is 17.0 Å². The molecule has 2 saturated heterocycles. The highest BCUT2D eigenvalue weighted by molar-refractivity contribution is 9.10. The molecule has 3 aliphatic rings. The van der Waals surface area contributed by atoms with Crippen LogP contribution in [0.4, 0.5) is 5.69 Å². The highest BCUT2D eigenvalue weighted by atomic mass is 79.9. The lowest BCUT2D eigenvalue weighted by molar-refractivity contribution is -0.534. The number of rotatable bonds is 6. The molecule has 1 N–H and O–H groups in total. The fourth-order valence-electron chi connectivity index (χ4n) is 6.61. The molecular formula is C28H25BrClN3O5. The van der Waals surface area contributed by atoms with Crippen LogP contribution >= 0.6 is 27.5 Å². The van der Waals surface area contributed by atoms with Crippen LogP contribution < -0.4 is 14.8 Å². The average Bonchev–Trinajstić information content (AvgIpc) is 3.57. The van der Waals surface area contributed by atoms with E-state index >= 15 is 0 Å². The van der Waals surface area contributed by atoms with E-state index in [0.29, 0.717) is 38.8 Å². The summed E-state index contributed by atoms with van der Waals surface area (Å²) in [6, 6.07) is 17.1. The first-order valence-electron chi connectivity index (χ1n) is 12.4. The molecule has 38 heavy (non-hydrogen) atoms. The minimum Gasteiger partial charge on any atom is -0.493 e. The van der Waals surface area contributed by atoms with E-state index in [1.54, 1.807) is 6.07 Å². The molecule has 3 aromatic carbocycles. The van der Waals surface area contributed by atoms with Gasteiger partial charge in [-0.3, -0.25) is 19.8 Å². The fourth-order valence-corrected chi connectivity index (χ4v) is 7.38. The standard InChI is InChI=1S/C28H25BrClN3O5/c1-37-23-14-17(13-19(29)25(23)38-15-16-7-2-4-9-20(16)30)24-22-11-6-12-32(22)28(26(24)33(35)36)18-8-3-5-10-21(18)31-27(28)34/h2-5,7-10,13-14,22,24,26H,6,11-12,15H2,1H3,(H,31,34)/t22-,24+,26-,28-/m0/s1. The van der Waals surface area contributed by atoms with Crippen LogP contribution in [0.1, 0.15) is 35.4 Å². The van der Waals surface area contributed by atoms with Gasteiger partial charge in [0, 0.05) is 39.3 Å². The highest BCUT2D eigenvalue weighted by Gasteiger charge is 2.73. The molecule has 8 nitrogen and oxygen atoms in total. The van der Waals surface area contributed by atoms with Crippen molar-refractivity contribution >= 4 is 39.1 Å². The number of hydrogen-bond acceptors (Lipinski definition) is 6. The first-order chi connectivity index (χ1) is 18.4. The second-order valence-corrected chi connectivity index (χ2v) is 11.1. The number of carbonyl (C=O) groups excluding carboxylic acids is 1. The number of anilines is 1. The van der Waals surface area contributed by atoms with E-state index in [1.165, 1.54) is 7.11 Å². The van der Waals surface area contributed by atoms with Crippen molar-refractivity contribution in [3.63, 3.8) is 0 Å². The largest absolute Gasteiger partial charge is 0.493 e. The van der Waals surface area contributed by atoms with Gasteiger partial charge in [0.1, 0.15) is 6.61 Å². The number of halogens is 2. The monoisotopic (exact) mass is 597 g/mol. The summed E-state index contributed by atoms with van der Waals surface area (Å²) in [5.74, 6) is 0.0619. The van der Waals surface area contributed by atoms with Crippen LogP contribution in [0.25, 0.3) is 0 Å². The number of nitrogens with zero attached hydrogens (tertiary/aromatic N) is 2. The second-order valence-electron chi connectivity index (χ2n) is 9.84. The molecule has 0 radical (unpaired) electrons. The molecule has 4 atom stereocenters. The number of nitro groups is 1. The summed E-state index contributed by atoms with van der Waals surface area (Å²) in [4.78, 5) is 28.3. The predicted molar refractivity (Wildman–Crippen MR) is 146 cm³/mol. The van der Waals surface area contributed by atoms with Crippen molar-refractivity contribution in [3.8, 4) is 11.5 Å². The zero-order valence-corrected chi connectivity index (χ0v) is 22.9. The Labute approximate surface area is 233 Å². The number of hydrogen-bond donors (Lipinski definition) is 1. The van der Waals surface area contributed by atoms with Gasteiger partial charge in [-0.2, -0.15) is 0 Å². The number of ether oxygens (including phenoxy) is 2. The molecule has 0 bridgehead atoms. The van der Waals surface area contributed by atoms with Crippen molar-refractivity contribution < 1.29 is 19.2 Å². The molecular weight excluding hydrogens is 574 g/mol. The van der Waals surface area contributed by atoms with E-state index < -0.39 is 17.5 Å². The van der Waals surface area contributed by atoms with E-state index in [4.69, 9.17) is 21.1 Å². The van der Waals surface area contributed by atoms with Crippen LogP contribution in [0.3, 0.4) is 0 Å². The summed E-state index contributed by atoms with van der Waals surface area (Å²) in [6.45, 7) is 0.843. The molecule has 0 aliphatic carbocycles. The highest BCUT2D eigenvalue weighted by Crippen LogP contribution is 2.58. The Bertz CT molecular complexity index is 1450. The normalized spacial score (nSPS) is 25.8. The van der Waals surface area contributed by atoms with E-state index in [2.05, 4.69) is 26.1 Å². The van der Waals surface area contributed by atoms with Gasteiger partial charge in [-0.05, 0) is 58.6 Å². The Morgan fingerprint density at radius 2 is 1.97 bits per heavy atom. The predicted octanol–water partition coefficient (Wildman–Crippen LogP) is 5.74. The van der Waals surface area contributed by atoms with Gasteiger partial charge >= 0.3 is 0 Å². The molecule has 196 valence electrons. The minimum atomic E-state index is -1.37. The molecule has 2 fully saturated rings. The van der Waals surface area contributed by atoms with Gasteiger partial charge < -0.3 is 14.8 Å². The summed E-state index contributed by atoms with van der Waals surface area (Å²) in [5, 5.41) is 16.4. The van der Waals surface area contributed by atoms with Crippen LogP contribution in [-0.4, -0.2) is 41.5 Å². The Hall–Kier alpha value is -3.14. The van der Waals surface area contributed by atoms with Gasteiger partial charge in [-0.15, -0.1) is 0 Å². The molecule has 6 rings (SSSR count). The van der Waals surface area contributed by atoms with Crippen LogP contribution in [0.2, 0.25) is 5.02 Å². The number of amides is 1. The maximum Gasteiger partial charge on any atom is 0.256 e. The molecule has 0 aromatic heterocycles. The summed E-state index contributed by atoms with van der Waals surface area (Å²) in [5.41, 5.74) is 1.49. The van der Waals surface area contributed by atoms with Gasteiger partial charge in [-0.1, -0.05) is 48.0 Å². The lowest BCUT2D eigenvalue weighted by Gasteiger charge is -2.32. The molecule has 3 aliphatic heterocycles. The summed E-state index contributed by atoms with van der Waals surface area (Å²) in [7, 11) is 1.54.